The molecule has 1 aliphatic carbocycles. The van der Waals surface area contributed by atoms with Gasteiger partial charge in [0.25, 0.3) is 0 Å². The number of aryl methyl sites for hydroxylation is 2. The van der Waals surface area contributed by atoms with Crippen molar-refractivity contribution in [1.29, 1.82) is 0 Å². The summed E-state index contributed by atoms with van der Waals surface area (Å²) in [6, 6.07) is 26.4. The van der Waals surface area contributed by atoms with E-state index in [4.69, 9.17) is 19.4 Å². The maximum atomic E-state index is 6.26. The molecule has 2 aliphatic heterocycles. The standard InChI is InChI=1S/C27H28N4O.C27H26N4O/c2*1-14(2)26-28-12-23(30-26)17-5-7-19-18(9-17)13-32-24-11-20-16(10-21(19)24)6-8-22-25(20)31-27(29-22)15(3)4/h5,7,9-12,14-15H,6,8,13H2,1-4H3,(H,28,30)(H,29,31);5-12,14-15H,13H2,1-4H3,(H,28,30)(H,29,31). The third-order valence-corrected chi connectivity index (χ3v) is 13.0. The predicted octanol–water partition coefficient (Wildman–Crippen LogP) is 13.3. The lowest BCUT2D eigenvalue weighted by molar-refractivity contribution is 0.302. The molecule has 5 aromatic carbocycles. The number of ether oxygens (including phenoxy) is 2. The number of nitrogens with one attached hydrogen (secondary N) is 4. The van der Waals surface area contributed by atoms with Crippen molar-refractivity contribution in [3.63, 3.8) is 0 Å². The molecule has 0 spiro atoms. The van der Waals surface area contributed by atoms with Crippen LogP contribution in [0.25, 0.3) is 77.8 Å². The smallest absolute Gasteiger partial charge is 0.128 e. The Hall–Kier alpha value is -6.94. The number of imidazole rings is 4. The lowest BCUT2D eigenvalue weighted by atomic mass is 9.86. The van der Waals surface area contributed by atoms with E-state index >= 15 is 0 Å². The second-order valence-electron chi connectivity index (χ2n) is 18.9. The average Bonchev–Trinajstić information content (AvgIpc) is 4.14. The molecule has 0 radical (unpaired) electrons. The van der Waals surface area contributed by atoms with Crippen molar-refractivity contribution in [1.82, 2.24) is 39.9 Å². The number of hydrogen-bond donors (Lipinski definition) is 4. The van der Waals surface area contributed by atoms with Crippen molar-refractivity contribution in [3.8, 4) is 67.5 Å². The van der Waals surface area contributed by atoms with E-state index in [9.17, 15) is 0 Å². The van der Waals surface area contributed by atoms with Gasteiger partial charge in [0.1, 0.15) is 48.0 Å². The summed E-state index contributed by atoms with van der Waals surface area (Å²) < 4.78 is 12.5. The molecule has 0 bridgehead atoms. The Bertz CT molecular complexity index is 3270. The first-order chi connectivity index (χ1) is 30.9. The van der Waals surface area contributed by atoms with Crippen molar-refractivity contribution < 1.29 is 9.47 Å². The summed E-state index contributed by atoms with van der Waals surface area (Å²) in [6.45, 7) is 18.4. The summed E-state index contributed by atoms with van der Waals surface area (Å²) in [5.74, 6) is 7.50. The zero-order valence-electron chi connectivity index (χ0n) is 37.8. The van der Waals surface area contributed by atoms with Gasteiger partial charge in [-0.3, -0.25) is 0 Å². The lowest BCUT2D eigenvalue weighted by Crippen LogP contribution is -2.09. The van der Waals surface area contributed by atoms with Crippen molar-refractivity contribution in [2.75, 3.05) is 0 Å². The Morgan fingerprint density at radius 3 is 1.66 bits per heavy atom. The molecule has 322 valence electrons. The molecular formula is C54H54N8O2. The van der Waals surface area contributed by atoms with Crippen molar-refractivity contribution in [3.05, 3.63) is 131 Å². The van der Waals surface area contributed by atoms with Gasteiger partial charge < -0.3 is 29.4 Å². The molecule has 0 saturated heterocycles. The number of H-pyrrole nitrogens is 4. The van der Waals surface area contributed by atoms with Crippen LogP contribution in [0.1, 0.15) is 125 Å². The van der Waals surface area contributed by atoms with Gasteiger partial charge in [-0.05, 0) is 99.6 Å². The summed E-state index contributed by atoms with van der Waals surface area (Å²) in [4.78, 5) is 32.7. The van der Waals surface area contributed by atoms with Gasteiger partial charge >= 0.3 is 0 Å². The fourth-order valence-electron chi connectivity index (χ4n) is 9.35. The highest BCUT2D eigenvalue weighted by Crippen LogP contribution is 2.46. The van der Waals surface area contributed by atoms with Crippen LogP contribution in [-0.4, -0.2) is 39.9 Å². The van der Waals surface area contributed by atoms with Crippen LogP contribution in [0.5, 0.6) is 11.5 Å². The molecule has 64 heavy (non-hydrogen) atoms. The number of benzene rings is 5. The first kappa shape index (κ1) is 39.9. The van der Waals surface area contributed by atoms with E-state index in [0.29, 0.717) is 36.9 Å². The first-order valence-corrected chi connectivity index (χ1v) is 22.8. The SMILES string of the molecule is CC(C)c1ncc(-c2ccc3c(c2)COc2cc4c(cc2-3)CCc2[nH]c(C(C)C)nc2-4)[nH]1.CC(C)c1ncc(-c2ccc3c(c2)COc2cc4c(ccc5[nH]c(C(C)C)nc54)cc2-3)[nH]1. The second-order valence-corrected chi connectivity index (χ2v) is 18.9. The Morgan fingerprint density at radius 1 is 0.484 bits per heavy atom. The van der Waals surface area contributed by atoms with Crippen LogP contribution in [-0.2, 0) is 26.1 Å². The third-order valence-electron chi connectivity index (χ3n) is 13.0. The summed E-state index contributed by atoms with van der Waals surface area (Å²) >= 11 is 0. The van der Waals surface area contributed by atoms with Gasteiger partial charge in [-0.25, -0.2) is 19.9 Å². The molecular weight excluding hydrogens is 793 g/mol. The molecule has 0 atom stereocenters. The molecule has 4 N–H and O–H groups in total. The fraction of sp³-hybridized carbons (Fsp3) is 0.296. The Morgan fingerprint density at radius 2 is 1.06 bits per heavy atom. The van der Waals surface area contributed by atoms with E-state index in [1.54, 1.807) is 0 Å². The highest BCUT2D eigenvalue weighted by Gasteiger charge is 2.27. The molecule has 9 aromatic rings. The highest BCUT2D eigenvalue weighted by atomic mass is 16.5. The predicted molar refractivity (Wildman–Crippen MR) is 256 cm³/mol. The van der Waals surface area contributed by atoms with Gasteiger partial charge in [0.2, 0.25) is 0 Å². The monoisotopic (exact) mass is 846 g/mol. The topological polar surface area (TPSA) is 133 Å². The highest BCUT2D eigenvalue weighted by molar-refractivity contribution is 6.07. The van der Waals surface area contributed by atoms with Crippen LogP contribution in [0.3, 0.4) is 0 Å². The molecule has 3 aliphatic rings. The number of hydrogen-bond acceptors (Lipinski definition) is 6. The molecule has 0 fully saturated rings. The van der Waals surface area contributed by atoms with Gasteiger partial charge in [0, 0.05) is 51.4 Å². The van der Waals surface area contributed by atoms with Crippen molar-refractivity contribution >= 4 is 21.8 Å². The van der Waals surface area contributed by atoms with Gasteiger partial charge in [-0.2, -0.15) is 0 Å². The van der Waals surface area contributed by atoms with Crippen LogP contribution < -0.4 is 9.47 Å². The van der Waals surface area contributed by atoms with E-state index < -0.39 is 0 Å². The molecule has 0 unspecified atom stereocenters. The number of aromatic nitrogens is 8. The largest absolute Gasteiger partial charge is 0.488 e. The molecule has 6 heterocycles. The summed E-state index contributed by atoms with van der Waals surface area (Å²) in [5, 5.41) is 2.30. The van der Waals surface area contributed by atoms with E-state index in [1.165, 1.54) is 50.0 Å². The summed E-state index contributed by atoms with van der Waals surface area (Å²) in [7, 11) is 0. The maximum Gasteiger partial charge on any atom is 0.128 e. The van der Waals surface area contributed by atoms with E-state index in [1.807, 2.05) is 12.4 Å². The van der Waals surface area contributed by atoms with E-state index in [0.717, 1.165) is 97.8 Å². The summed E-state index contributed by atoms with van der Waals surface area (Å²) in [5.41, 5.74) is 18.6. The molecule has 10 heteroatoms. The third kappa shape index (κ3) is 6.87. The quantitative estimate of drug-likeness (QED) is 0.132. The number of aromatic amines is 4. The van der Waals surface area contributed by atoms with Crippen LogP contribution >= 0.6 is 0 Å². The van der Waals surface area contributed by atoms with Crippen LogP contribution in [0.15, 0.2) is 85.2 Å². The van der Waals surface area contributed by atoms with Crippen LogP contribution in [0.2, 0.25) is 0 Å². The molecule has 12 rings (SSSR count). The molecule has 10 nitrogen and oxygen atoms in total. The first-order valence-electron chi connectivity index (χ1n) is 22.8. The Balaban J connectivity index is 0.000000143. The number of rotatable bonds is 6. The minimum atomic E-state index is 0.360. The number of fused-ring (bicyclic) bond motifs is 12. The zero-order valence-corrected chi connectivity index (χ0v) is 37.8. The maximum absolute atomic E-state index is 6.26. The average molecular weight is 847 g/mol. The van der Waals surface area contributed by atoms with Gasteiger partial charge in [0.15, 0.2) is 0 Å². The molecule has 0 amide bonds. The fourth-order valence-corrected chi connectivity index (χ4v) is 9.35. The van der Waals surface area contributed by atoms with Gasteiger partial charge in [0.05, 0.1) is 40.5 Å². The minimum absolute atomic E-state index is 0.360. The second kappa shape index (κ2) is 15.4. The van der Waals surface area contributed by atoms with Crippen molar-refractivity contribution in [2.45, 2.75) is 105 Å². The van der Waals surface area contributed by atoms with E-state index in [2.05, 4.69) is 158 Å². The summed E-state index contributed by atoms with van der Waals surface area (Å²) in [6.07, 6.45) is 5.88. The Labute approximate surface area is 373 Å². The van der Waals surface area contributed by atoms with Crippen LogP contribution in [0, 0.1) is 0 Å². The van der Waals surface area contributed by atoms with Crippen molar-refractivity contribution in [2.24, 2.45) is 0 Å². The molecule has 0 saturated carbocycles. The lowest BCUT2D eigenvalue weighted by Gasteiger charge is -2.25. The van der Waals surface area contributed by atoms with Gasteiger partial charge in [-0.15, -0.1) is 0 Å². The normalized spacial score (nSPS) is 13.6. The molecule has 4 aromatic heterocycles. The van der Waals surface area contributed by atoms with Crippen LogP contribution in [0.4, 0.5) is 0 Å². The Kier molecular flexibility index (Phi) is 9.59. The minimum Gasteiger partial charge on any atom is -0.488 e. The number of nitrogens with zero attached hydrogens (tertiary/aromatic N) is 4. The van der Waals surface area contributed by atoms with E-state index in [-0.39, 0.29) is 0 Å². The zero-order chi connectivity index (χ0) is 44.0. The van der Waals surface area contributed by atoms with Gasteiger partial charge in [-0.1, -0.05) is 85.7 Å².